The van der Waals surface area contributed by atoms with Crippen LogP contribution in [0.1, 0.15) is 12.8 Å². The molecule has 0 radical (unpaired) electrons. The van der Waals surface area contributed by atoms with E-state index in [9.17, 15) is 35.1 Å². The van der Waals surface area contributed by atoms with Crippen molar-refractivity contribution in [1.82, 2.24) is 0 Å². The van der Waals surface area contributed by atoms with Gasteiger partial charge in [0.2, 0.25) is 0 Å². The van der Waals surface area contributed by atoms with Crippen LogP contribution in [0.5, 0.6) is 0 Å². The minimum Gasteiger partial charge on any atom is -0.473 e. The molecule has 0 saturated heterocycles. The summed E-state index contributed by atoms with van der Waals surface area (Å²) in [7, 11) is 0. The van der Waals surface area contributed by atoms with Gasteiger partial charge in [-0.25, -0.2) is 8.78 Å². The maximum Gasteiger partial charge on any atom is 0.392 e. The molecule has 2 atom stereocenters. The van der Waals surface area contributed by atoms with E-state index in [0.717, 1.165) is 0 Å². The van der Waals surface area contributed by atoms with Crippen LogP contribution < -0.4 is 0 Å². The Kier molecular flexibility index (Phi) is 6.85. The zero-order chi connectivity index (χ0) is 15.1. The Bertz CT molecular complexity index is 274. The maximum absolute atomic E-state index is 12.6. The lowest BCUT2D eigenvalue weighted by Gasteiger charge is -2.07. The van der Waals surface area contributed by atoms with Gasteiger partial charge >= 0.3 is 12.4 Å². The molecule has 19 heavy (non-hydrogen) atoms. The predicted molar refractivity (Wildman–Crippen MR) is 50.5 cm³/mol. The molecule has 2 unspecified atom stereocenters. The van der Waals surface area contributed by atoms with Crippen LogP contribution in [0.15, 0.2) is 24.7 Å². The Morgan fingerprint density at radius 1 is 0.737 bits per heavy atom. The van der Waals surface area contributed by atoms with Crippen LogP contribution in [-0.2, 0) is 4.74 Å². The van der Waals surface area contributed by atoms with Gasteiger partial charge in [-0.15, -0.1) is 0 Å². The van der Waals surface area contributed by atoms with E-state index in [1.807, 2.05) is 0 Å². The molecular weight excluding hydrogens is 288 g/mol. The number of alkyl halides is 8. The first-order valence-corrected chi connectivity index (χ1v) is 4.90. The molecule has 0 bridgehead atoms. The summed E-state index contributed by atoms with van der Waals surface area (Å²) in [5, 5.41) is 0. The monoisotopic (exact) mass is 298 g/mol. The first kappa shape index (κ1) is 17.7. The summed E-state index contributed by atoms with van der Waals surface area (Å²) in [6.45, 7) is 0. The van der Waals surface area contributed by atoms with E-state index in [1.165, 1.54) is 0 Å². The third-order valence-corrected chi connectivity index (χ3v) is 1.58. The van der Waals surface area contributed by atoms with Crippen molar-refractivity contribution in [2.75, 3.05) is 0 Å². The average molecular weight is 298 g/mol. The summed E-state index contributed by atoms with van der Waals surface area (Å²) in [5.74, 6) is 0. The first-order chi connectivity index (χ1) is 8.49. The van der Waals surface area contributed by atoms with E-state index in [-0.39, 0.29) is 0 Å². The zero-order valence-corrected chi connectivity index (χ0v) is 9.31. The van der Waals surface area contributed by atoms with Gasteiger partial charge in [0.25, 0.3) is 0 Å². The molecule has 0 rings (SSSR count). The van der Waals surface area contributed by atoms with E-state index < -0.39 is 37.5 Å². The fourth-order valence-corrected chi connectivity index (χ4v) is 0.885. The molecule has 0 heterocycles. The van der Waals surface area contributed by atoms with Crippen molar-refractivity contribution in [3.8, 4) is 0 Å². The summed E-state index contributed by atoms with van der Waals surface area (Å²) in [6.07, 6.45) is -15.7. The van der Waals surface area contributed by atoms with E-state index in [0.29, 0.717) is 24.7 Å². The van der Waals surface area contributed by atoms with Crippen LogP contribution >= 0.6 is 0 Å². The number of rotatable bonds is 6. The van der Waals surface area contributed by atoms with E-state index >= 15 is 0 Å². The highest BCUT2D eigenvalue weighted by atomic mass is 19.4. The Labute approximate surface area is 103 Å². The van der Waals surface area contributed by atoms with Crippen LogP contribution in [0.4, 0.5) is 35.1 Å². The molecule has 9 heteroatoms. The van der Waals surface area contributed by atoms with Crippen LogP contribution in [-0.4, -0.2) is 24.7 Å². The standard InChI is InChI=1S/C10H10F8O/c11-7(5-9(13,14)15)1-3-19-4-2-8(12)6-10(16,17)18/h1-4,7-8H,5-6H2. The summed E-state index contributed by atoms with van der Waals surface area (Å²) >= 11 is 0. The largest absolute Gasteiger partial charge is 0.473 e. The second-order valence-electron chi connectivity index (χ2n) is 3.46. The molecule has 112 valence electrons. The van der Waals surface area contributed by atoms with Crippen molar-refractivity contribution in [1.29, 1.82) is 0 Å². The van der Waals surface area contributed by atoms with Gasteiger partial charge in [-0.2, -0.15) is 26.3 Å². The molecule has 0 saturated carbocycles. The van der Waals surface area contributed by atoms with E-state index in [1.54, 1.807) is 0 Å². The molecule has 0 aromatic rings. The Morgan fingerprint density at radius 3 is 1.32 bits per heavy atom. The molecule has 0 N–H and O–H groups in total. The van der Waals surface area contributed by atoms with Crippen molar-refractivity contribution in [2.45, 2.75) is 37.5 Å². The highest BCUT2D eigenvalue weighted by molar-refractivity contribution is 4.89. The summed E-state index contributed by atoms with van der Waals surface area (Å²) in [5.41, 5.74) is 0. The molecule has 1 nitrogen and oxygen atoms in total. The first-order valence-electron chi connectivity index (χ1n) is 4.90. The molecular formula is C10H10F8O. The van der Waals surface area contributed by atoms with Crippen molar-refractivity contribution < 1.29 is 39.9 Å². The predicted octanol–water partition coefficient (Wildman–Crippen LogP) is 4.61. The number of ether oxygens (including phenoxy) is 1. The Hall–Kier alpha value is -1.28. The smallest absolute Gasteiger partial charge is 0.392 e. The van der Waals surface area contributed by atoms with Crippen molar-refractivity contribution in [3.63, 3.8) is 0 Å². The molecule has 0 aliphatic heterocycles. The second-order valence-corrected chi connectivity index (χ2v) is 3.46. The maximum atomic E-state index is 12.6. The van der Waals surface area contributed by atoms with Gasteiger partial charge in [-0.3, -0.25) is 0 Å². The fraction of sp³-hybridized carbons (Fsp3) is 0.600. The lowest BCUT2D eigenvalue weighted by atomic mass is 10.2. The fourth-order valence-electron chi connectivity index (χ4n) is 0.885. The van der Waals surface area contributed by atoms with Crippen LogP contribution in [0.25, 0.3) is 0 Å². The second kappa shape index (κ2) is 7.34. The molecule has 0 spiro atoms. The van der Waals surface area contributed by atoms with Crippen molar-refractivity contribution >= 4 is 0 Å². The van der Waals surface area contributed by atoms with Gasteiger partial charge in [0, 0.05) is 0 Å². The number of allylic oxidation sites excluding steroid dienone is 2. The lowest BCUT2D eigenvalue weighted by molar-refractivity contribution is -0.143. The lowest BCUT2D eigenvalue weighted by Crippen LogP contribution is -2.14. The van der Waals surface area contributed by atoms with Crippen molar-refractivity contribution in [3.05, 3.63) is 24.7 Å². The summed E-state index contributed by atoms with van der Waals surface area (Å²) in [6, 6.07) is 0. The van der Waals surface area contributed by atoms with Crippen LogP contribution in [0, 0.1) is 0 Å². The summed E-state index contributed by atoms with van der Waals surface area (Å²) in [4.78, 5) is 0. The van der Waals surface area contributed by atoms with Gasteiger partial charge in [-0.1, -0.05) is 0 Å². The van der Waals surface area contributed by atoms with Gasteiger partial charge < -0.3 is 4.74 Å². The highest BCUT2D eigenvalue weighted by Crippen LogP contribution is 2.24. The third kappa shape index (κ3) is 13.0. The van der Waals surface area contributed by atoms with Crippen molar-refractivity contribution in [2.24, 2.45) is 0 Å². The van der Waals surface area contributed by atoms with E-state index in [2.05, 4.69) is 4.74 Å². The SMILES string of the molecule is FC(C=COC=CC(F)CC(F)(F)F)CC(F)(F)F. The molecule has 0 aromatic heterocycles. The van der Waals surface area contributed by atoms with Gasteiger partial charge in [0.05, 0.1) is 25.4 Å². The Morgan fingerprint density at radius 2 is 1.05 bits per heavy atom. The Balaban J connectivity index is 3.96. The normalized spacial score (nSPS) is 17.1. The topological polar surface area (TPSA) is 9.23 Å². The third-order valence-electron chi connectivity index (χ3n) is 1.58. The average Bonchev–Trinajstić information content (AvgIpc) is 2.10. The quantitative estimate of drug-likeness (QED) is 0.514. The van der Waals surface area contributed by atoms with Gasteiger partial charge in [0.15, 0.2) is 0 Å². The molecule has 0 amide bonds. The molecule has 0 aliphatic rings. The summed E-state index contributed by atoms with van der Waals surface area (Å²) < 4.78 is 99.3. The molecule has 0 aliphatic carbocycles. The minimum atomic E-state index is -4.68. The van der Waals surface area contributed by atoms with Gasteiger partial charge in [-0.05, 0) is 12.2 Å². The number of hydrogen-bond donors (Lipinski definition) is 0. The molecule has 0 aromatic carbocycles. The zero-order valence-electron chi connectivity index (χ0n) is 9.31. The van der Waals surface area contributed by atoms with Crippen LogP contribution in [0.3, 0.4) is 0 Å². The minimum absolute atomic E-state index is 0.412. The van der Waals surface area contributed by atoms with E-state index in [4.69, 9.17) is 0 Å². The van der Waals surface area contributed by atoms with Gasteiger partial charge in [0.1, 0.15) is 12.3 Å². The number of halogens is 8. The highest BCUT2D eigenvalue weighted by Gasteiger charge is 2.31. The number of hydrogen-bond acceptors (Lipinski definition) is 1. The molecule has 0 fully saturated rings. The van der Waals surface area contributed by atoms with Crippen LogP contribution in [0.2, 0.25) is 0 Å².